The third kappa shape index (κ3) is 4.06. The van der Waals surface area contributed by atoms with Gasteiger partial charge in [0.1, 0.15) is 11.9 Å². The second-order valence-electron chi connectivity index (χ2n) is 8.11. The highest BCUT2D eigenvalue weighted by Gasteiger charge is 2.27. The van der Waals surface area contributed by atoms with Crippen molar-refractivity contribution in [3.8, 4) is 5.88 Å². The van der Waals surface area contributed by atoms with E-state index in [1.165, 1.54) is 0 Å². The number of pyridine rings is 2. The zero-order chi connectivity index (χ0) is 21.9. The summed E-state index contributed by atoms with van der Waals surface area (Å²) in [6.07, 6.45) is 5.22. The molecule has 1 saturated heterocycles. The molecule has 0 saturated carbocycles. The van der Waals surface area contributed by atoms with Crippen molar-refractivity contribution in [1.82, 2.24) is 24.5 Å². The number of ether oxygens (including phenoxy) is 1. The minimum Gasteiger partial charge on any atom is -0.470 e. The van der Waals surface area contributed by atoms with Crippen molar-refractivity contribution in [3.63, 3.8) is 0 Å². The molecule has 4 heterocycles. The Kier molecular flexibility index (Phi) is 5.54. The Balaban J connectivity index is 1.20. The maximum atomic E-state index is 13.0. The van der Waals surface area contributed by atoms with E-state index in [9.17, 15) is 4.79 Å². The summed E-state index contributed by atoms with van der Waals surface area (Å²) in [7, 11) is 0. The fourth-order valence-corrected chi connectivity index (χ4v) is 4.21. The molecule has 0 N–H and O–H groups in total. The number of amides is 1. The largest absolute Gasteiger partial charge is 0.470 e. The van der Waals surface area contributed by atoms with Gasteiger partial charge in [-0.15, -0.1) is 10.2 Å². The molecule has 4 aromatic rings. The van der Waals surface area contributed by atoms with E-state index in [1.807, 2.05) is 71.0 Å². The second kappa shape index (κ2) is 8.78. The van der Waals surface area contributed by atoms with Crippen molar-refractivity contribution < 1.29 is 9.53 Å². The molecule has 7 heteroatoms. The Labute approximate surface area is 186 Å². The van der Waals surface area contributed by atoms with E-state index in [0.29, 0.717) is 30.5 Å². The summed E-state index contributed by atoms with van der Waals surface area (Å²) < 4.78 is 7.96. The van der Waals surface area contributed by atoms with Crippen LogP contribution in [0.25, 0.3) is 5.65 Å². The van der Waals surface area contributed by atoms with E-state index < -0.39 is 0 Å². The fraction of sp³-hybridized carbons (Fsp3) is 0.280. The van der Waals surface area contributed by atoms with E-state index in [4.69, 9.17) is 4.74 Å². The first-order valence-corrected chi connectivity index (χ1v) is 11.0. The standard InChI is InChI=1S/C25H25N5O2/c1-18(19-7-3-2-4-8-19)32-23-11-10-21(17-26-23)25(31)29-15-12-20(13-16-29)24-28-27-22-9-5-6-14-30(22)24/h2-11,14,17-18,20H,12-13,15-16H2,1H3/t18-/m1/s1. The van der Waals surface area contributed by atoms with Crippen LogP contribution in [0.5, 0.6) is 5.88 Å². The molecule has 0 spiro atoms. The van der Waals surface area contributed by atoms with Crippen LogP contribution in [0.1, 0.15) is 53.5 Å². The molecule has 0 unspecified atom stereocenters. The van der Waals surface area contributed by atoms with Gasteiger partial charge in [-0.05, 0) is 43.5 Å². The van der Waals surface area contributed by atoms with Crippen molar-refractivity contribution in [2.45, 2.75) is 31.8 Å². The van der Waals surface area contributed by atoms with Gasteiger partial charge in [0.2, 0.25) is 5.88 Å². The molecule has 1 atom stereocenters. The van der Waals surface area contributed by atoms with Crippen LogP contribution in [-0.2, 0) is 0 Å². The van der Waals surface area contributed by atoms with Crippen LogP contribution in [0.15, 0.2) is 73.1 Å². The minimum atomic E-state index is -0.113. The molecule has 1 aliphatic rings. The van der Waals surface area contributed by atoms with Crippen LogP contribution in [0, 0.1) is 0 Å². The van der Waals surface area contributed by atoms with Gasteiger partial charge in [0, 0.05) is 37.5 Å². The van der Waals surface area contributed by atoms with Crippen molar-refractivity contribution in [1.29, 1.82) is 0 Å². The molecule has 0 bridgehead atoms. The summed E-state index contributed by atoms with van der Waals surface area (Å²) in [6.45, 7) is 3.36. The Morgan fingerprint density at radius 1 is 1.00 bits per heavy atom. The van der Waals surface area contributed by atoms with Gasteiger partial charge in [0.15, 0.2) is 5.65 Å². The van der Waals surface area contributed by atoms with Gasteiger partial charge >= 0.3 is 0 Å². The lowest BCUT2D eigenvalue weighted by Crippen LogP contribution is -2.38. The number of hydrogen-bond acceptors (Lipinski definition) is 5. The Hall–Kier alpha value is -3.74. The average molecular weight is 428 g/mol. The summed E-state index contributed by atoms with van der Waals surface area (Å²) in [4.78, 5) is 19.2. The van der Waals surface area contributed by atoms with Crippen LogP contribution in [0.3, 0.4) is 0 Å². The summed E-state index contributed by atoms with van der Waals surface area (Å²) in [6, 6.07) is 19.5. The number of aromatic nitrogens is 4. The van der Waals surface area contributed by atoms with E-state index in [2.05, 4.69) is 15.2 Å². The second-order valence-corrected chi connectivity index (χ2v) is 8.11. The van der Waals surface area contributed by atoms with Crippen LogP contribution < -0.4 is 4.74 Å². The molecule has 1 aliphatic heterocycles. The summed E-state index contributed by atoms with van der Waals surface area (Å²) in [5, 5.41) is 8.64. The fourth-order valence-electron chi connectivity index (χ4n) is 4.21. The number of carbonyl (C=O) groups excluding carboxylic acids is 1. The molecule has 1 aromatic carbocycles. The number of piperidine rings is 1. The Morgan fingerprint density at radius 2 is 1.78 bits per heavy atom. The van der Waals surface area contributed by atoms with Gasteiger partial charge in [-0.3, -0.25) is 9.20 Å². The quantitative estimate of drug-likeness (QED) is 0.475. The molecule has 0 aliphatic carbocycles. The molecular formula is C25H25N5O2. The predicted octanol–water partition coefficient (Wildman–Crippen LogP) is 4.28. The molecule has 1 amide bonds. The number of fused-ring (bicyclic) bond motifs is 1. The van der Waals surface area contributed by atoms with Gasteiger partial charge < -0.3 is 9.64 Å². The predicted molar refractivity (Wildman–Crippen MR) is 121 cm³/mol. The molecule has 7 nitrogen and oxygen atoms in total. The lowest BCUT2D eigenvalue weighted by Gasteiger charge is -2.31. The van der Waals surface area contributed by atoms with Crippen molar-refractivity contribution in [2.75, 3.05) is 13.1 Å². The maximum absolute atomic E-state index is 13.0. The number of rotatable bonds is 5. The van der Waals surface area contributed by atoms with E-state index in [0.717, 1.165) is 29.9 Å². The summed E-state index contributed by atoms with van der Waals surface area (Å²) in [5.74, 6) is 1.79. The van der Waals surface area contributed by atoms with Gasteiger partial charge in [-0.1, -0.05) is 36.4 Å². The van der Waals surface area contributed by atoms with Crippen molar-refractivity contribution in [3.05, 3.63) is 90.0 Å². The smallest absolute Gasteiger partial charge is 0.255 e. The lowest BCUT2D eigenvalue weighted by atomic mass is 9.95. The SMILES string of the molecule is C[C@@H](Oc1ccc(C(=O)N2CCC(c3nnc4ccccn34)CC2)cn1)c1ccccc1. The van der Waals surface area contributed by atoms with Gasteiger partial charge in [0.25, 0.3) is 5.91 Å². The minimum absolute atomic E-state index is 0.00436. The third-order valence-electron chi connectivity index (χ3n) is 6.04. The van der Waals surface area contributed by atoms with Crippen LogP contribution in [0.2, 0.25) is 0 Å². The first-order chi connectivity index (χ1) is 15.7. The maximum Gasteiger partial charge on any atom is 0.255 e. The van der Waals surface area contributed by atoms with Crippen molar-refractivity contribution >= 4 is 11.6 Å². The number of likely N-dealkylation sites (tertiary alicyclic amines) is 1. The topological polar surface area (TPSA) is 72.6 Å². The van der Waals surface area contributed by atoms with E-state index >= 15 is 0 Å². The molecule has 3 aromatic heterocycles. The number of hydrogen-bond donors (Lipinski definition) is 0. The monoisotopic (exact) mass is 427 g/mol. The van der Waals surface area contributed by atoms with Crippen LogP contribution in [0.4, 0.5) is 0 Å². The highest BCUT2D eigenvalue weighted by atomic mass is 16.5. The van der Waals surface area contributed by atoms with Crippen LogP contribution in [-0.4, -0.2) is 43.5 Å². The van der Waals surface area contributed by atoms with Gasteiger partial charge in [-0.25, -0.2) is 4.98 Å². The Morgan fingerprint density at radius 3 is 2.53 bits per heavy atom. The molecule has 1 fully saturated rings. The summed E-state index contributed by atoms with van der Waals surface area (Å²) in [5.41, 5.74) is 2.52. The van der Waals surface area contributed by atoms with E-state index in [1.54, 1.807) is 18.3 Å². The molecule has 162 valence electrons. The molecule has 0 radical (unpaired) electrons. The molecular weight excluding hydrogens is 402 g/mol. The number of benzene rings is 1. The third-order valence-corrected chi connectivity index (χ3v) is 6.04. The zero-order valence-corrected chi connectivity index (χ0v) is 18.0. The molecule has 5 rings (SSSR count). The van der Waals surface area contributed by atoms with Gasteiger partial charge in [-0.2, -0.15) is 0 Å². The molecule has 32 heavy (non-hydrogen) atoms. The average Bonchev–Trinajstić information content (AvgIpc) is 3.29. The van der Waals surface area contributed by atoms with Crippen LogP contribution >= 0.6 is 0 Å². The number of carbonyl (C=O) groups is 1. The Bertz CT molecular complexity index is 1200. The highest BCUT2D eigenvalue weighted by molar-refractivity contribution is 5.94. The number of nitrogens with zero attached hydrogens (tertiary/aromatic N) is 5. The first-order valence-electron chi connectivity index (χ1n) is 11.0. The first kappa shape index (κ1) is 20.2. The normalized spacial score (nSPS) is 15.6. The zero-order valence-electron chi connectivity index (χ0n) is 18.0. The summed E-state index contributed by atoms with van der Waals surface area (Å²) >= 11 is 0. The van der Waals surface area contributed by atoms with Crippen molar-refractivity contribution in [2.24, 2.45) is 0 Å². The van der Waals surface area contributed by atoms with Gasteiger partial charge in [0.05, 0.1) is 5.56 Å². The van der Waals surface area contributed by atoms with E-state index in [-0.39, 0.29) is 12.0 Å². The lowest BCUT2D eigenvalue weighted by molar-refractivity contribution is 0.0710. The highest BCUT2D eigenvalue weighted by Crippen LogP contribution is 2.28.